The molecule has 3 aromatic rings. The summed E-state index contributed by atoms with van der Waals surface area (Å²) in [6.45, 7) is 0. The quantitative estimate of drug-likeness (QED) is 0.524. The molecule has 0 unspecified atom stereocenters. The molecule has 0 aliphatic carbocycles. The molecule has 0 saturated heterocycles. The van der Waals surface area contributed by atoms with Crippen molar-refractivity contribution in [3.63, 3.8) is 0 Å². The Bertz CT molecular complexity index is 880. The third-order valence-corrected chi connectivity index (χ3v) is 3.30. The largest absolute Gasteiger partial charge is 0.347 e. The number of hydrazone groups is 1. The van der Waals surface area contributed by atoms with Crippen molar-refractivity contribution in [1.29, 1.82) is 0 Å². The summed E-state index contributed by atoms with van der Waals surface area (Å²) in [5, 5.41) is 7.18. The summed E-state index contributed by atoms with van der Waals surface area (Å²) in [6, 6.07) is 15.6. The SMILES string of the molecule is CN(C)c1nc(NN=Cc2ccccc2)nc(Nc2ccc(F)cc2)n1. The number of halogens is 1. The summed E-state index contributed by atoms with van der Waals surface area (Å²) >= 11 is 0. The maximum absolute atomic E-state index is 13.0. The van der Waals surface area contributed by atoms with Gasteiger partial charge in [0.2, 0.25) is 17.8 Å². The zero-order valence-corrected chi connectivity index (χ0v) is 14.4. The Morgan fingerprint density at radius 2 is 1.62 bits per heavy atom. The van der Waals surface area contributed by atoms with Crippen LogP contribution in [0.5, 0.6) is 0 Å². The van der Waals surface area contributed by atoms with Crippen LogP contribution in [-0.4, -0.2) is 35.3 Å². The smallest absolute Gasteiger partial charge is 0.250 e. The van der Waals surface area contributed by atoms with E-state index in [-0.39, 0.29) is 5.82 Å². The topological polar surface area (TPSA) is 78.3 Å². The highest BCUT2D eigenvalue weighted by molar-refractivity contribution is 5.79. The molecular weight excluding hydrogens is 333 g/mol. The lowest BCUT2D eigenvalue weighted by atomic mass is 10.2. The minimum atomic E-state index is -0.308. The molecule has 2 aromatic carbocycles. The molecule has 0 spiro atoms. The first-order chi connectivity index (χ1) is 12.6. The van der Waals surface area contributed by atoms with Crippen molar-refractivity contribution in [2.75, 3.05) is 29.7 Å². The normalized spacial score (nSPS) is 10.7. The van der Waals surface area contributed by atoms with Gasteiger partial charge < -0.3 is 10.2 Å². The zero-order valence-electron chi connectivity index (χ0n) is 14.4. The molecule has 0 atom stereocenters. The number of nitrogens with one attached hydrogen (secondary N) is 2. The predicted molar refractivity (Wildman–Crippen MR) is 101 cm³/mol. The van der Waals surface area contributed by atoms with Crippen molar-refractivity contribution in [2.24, 2.45) is 5.10 Å². The van der Waals surface area contributed by atoms with Crippen LogP contribution < -0.4 is 15.6 Å². The zero-order chi connectivity index (χ0) is 18.4. The van der Waals surface area contributed by atoms with Crippen LogP contribution in [-0.2, 0) is 0 Å². The molecule has 3 rings (SSSR count). The Morgan fingerprint density at radius 3 is 2.31 bits per heavy atom. The first-order valence-corrected chi connectivity index (χ1v) is 7.90. The van der Waals surface area contributed by atoms with Gasteiger partial charge in [-0.05, 0) is 29.8 Å². The van der Waals surface area contributed by atoms with Gasteiger partial charge in [-0.1, -0.05) is 30.3 Å². The average Bonchev–Trinajstić information content (AvgIpc) is 2.64. The molecule has 0 aliphatic heterocycles. The Kier molecular flexibility index (Phi) is 5.33. The lowest BCUT2D eigenvalue weighted by molar-refractivity contribution is 0.628. The molecule has 0 fully saturated rings. The molecule has 0 bridgehead atoms. The minimum Gasteiger partial charge on any atom is -0.347 e. The summed E-state index contributed by atoms with van der Waals surface area (Å²) in [6.07, 6.45) is 1.67. The van der Waals surface area contributed by atoms with Crippen molar-refractivity contribution in [1.82, 2.24) is 15.0 Å². The van der Waals surface area contributed by atoms with E-state index in [2.05, 4.69) is 30.8 Å². The van der Waals surface area contributed by atoms with Gasteiger partial charge in [0.15, 0.2) is 0 Å². The molecule has 0 amide bonds. The van der Waals surface area contributed by atoms with Crippen LogP contribution >= 0.6 is 0 Å². The van der Waals surface area contributed by atoms with Gasteiger partial charge in [0.1, 0.15) is 5.82 Å². The number of aromatic nitrogens is 3. The number of hydrogen-bond acceptors (Lipinski definition) is 7. The van der Waals surface area contributed by atoms with Gasteiger partial charge in [0, 0.05) is 19.8 Å². The highest BCUT2D eigenvalue weighted by Gasteiger charge is 2.08. The number of anilines is 4. The minimum absolute atomic E-state index is 0.292. The summed E-state index contributed by atoms with van der Waals surface area (Å²) in [5.74, 6) is 0.771. The summed E-state index contributed by atoms with van der Waals surface area (Å²) in [4.78, 5) is 14.7. The molecule has 0 radical (unpaired) electrons. The Labute approximate surface area is 150 Å². The first-order valence-electron chi connectivity index (χ1n) is 7.90. The average molecular weight is 351 g/mol. The van der Waals surface area contributed by atoms with Crippen molar-refractivity contribution in [2.45, 2.75) is 0 Å². The lowest BCUT2D eigenvalue weighted by Crippen LogP contribution is -2.15. The molecule has 7 nitrogen and oxygen atoms in total. The number of nitrogens with zero attached hydrogens (tertiary/aromatic N) is 5. The molecule has 1 heterocycles. The fourth-order valence-electron chi connectivity index (χ4n) is 2.04. The van der Waals surface area contributed by atoms with Crippen LogP contribution in [0.4, 0.5) is 27.9 Å². The fraction of sp³-hybridized carbons (Fsp3) is 0.111. The van der Waals surface area contributed by atoms with E-state index in [9.17, 15) is 4.39 Å². The molecule has 132 valence electrons. The molecule has 0 saturated carbocycles. The van der Waals surface area contributed by atoms with Crippen LogP contribution in [0.25, 0.3) is 0 Å². The van der Waals surface area contributed by atoms with Crippen molar-refractivity contribution in [3.05, 3.63) is 66.0 Å². The van der Waals surface area contributed by atoms with E-state index in [1.165, 1.54) is 12.1 Å². The van der Waals surface area contributed by atoms with Crippen LogP contribution in [0.1, 0.15) is 5.56 Å². The molecule has 1 aromatic heterocycles. The second kappa shape index (κ2) is 8.02. The van der Waals surface area contributed by atoms with Crippen LogP contribution in [0.3, 0.4) is 0 Å². The Morgan fingerprint density at radius 1 is 0.923 bits per heavy atom. The monoisotopic (exact) mass is 351 g/mol. The van der Waals surface area contributed by atoms with E-state index in [4.69, 9.17) is 0 Å². The van der Waals surface area contributed by atoms with Crippen molar-refractivity contribution < 1.29 is 4.39 Å². The van der Waals surface area contributed by atoms with Gasteiger partial charge in [-0.25, -0.2) is 9.82 Å². The van der Waals surface area contributed by atoms with Gasteiger partial charge in [-0.2, -0.15) is 20.1 Å². The third kappa shape index (κ3) is 4.73. The van der Waals surface area contributed by atoms with E-state index < -0.39 is 0 Å². The van der Waals surface area contributed by atoms with Gasteiger partial charge in [-0.15, -0.1) is 0 Å². The molecular formula is C18H18FN7. The Balaban J connectivity index is 1.79. The summed E-state index contributed by atoms with van der Waals surface area (Å²) in [5.41, 5.74) is 4.42. The van der Waals surface area contributed by atoms with Gasteiger partial charge in [0.05, 0.1) is 6.21 Å². The van der Waals surface area contributed by atoms with Crippen molar-refractivity contribution in [3.8, 4) is 0 Å². The van der Waals surface area contributed by atoms with Crippen LogP contribution in [0, 0.1) is 5.82 Å². The fourth-order valence-corrected chi connectivity index (χ4v) is 2.04. The highest BCUT2D eigenvalue weighted by atomic mass is 19.1. The van der Waals surface area contributed by atoms with E-state index >= 15 is 0 Å². The number of rotatable bonds is 6. The highest BCUT2D eigenvalue weighted by Crippen LogP contribution is 2.17. The maximum atomic E-state index is 13.0. The summed E-state index contributed by atoms with van der Waals surface area (Å²) < 4.78 is 13.0. The summed E-state index contributed by atoms with van der Waals surface area (Å²) in [7, 11) is 3.65. The number of benzene rings is 2. The second-order valence-electron chi connectivity index (χ2n) is 5.59. The third-order valence-electron chi connectivity index (χ3n) is 3.30. The lowest BCUT2D eigenvalue weighted by Gasteiger charge is -2.13. The van der Waals surface area contributed by atoms with E-state index in [0.717, 1.165) is 5.56 Å². The van der Waals surface area contributed by atoms with Gasteiger partial charge in [-0.3, -0.25) is 0 Å². The van der Waals surface area contributed by atoms with Crippen LogP contribution in [0.15, 0.2) is 59.7 Å². The van der Waals surface area contributed by atoms with Gasteiger partial charge in [0.25, 0.3) is 0 Å². The Hall–Kier alpha value is -3.55. The first kappa shape index (κ1) is 17.3. The number of hydrogen-bond donors (Lipinski definition) is 2. The molecule has 0 aliphatic rings. The standard InChI is InChI=1S/C18H18FN7/c1-26(2)18-23-16(21-15-10-8-14(19)9-11-15)22-17(24-18)25-20-12-13-6-4-3-5-7-13/h3-12H,1-2H3,(H2,21,22,23,24,25). The second-order valence-corrected chi connectivity index (χ2v) is 5.59. The predicted octanol–water partition coefficient (Wildman–Crippen LogP) is 3.27. The molecule has 2 N–H and O–H groups in total. The van der Waals surface area contributed by atoms with Gasteiger partial charge >= 0.3 is 0 Å². The molecule has 8 heteroatoms. The van der Waals surface area contributed by atoms with E-state index in [1.807, 2.05) is 44.4 Å². The van der Waals surface area contributed by atoms with E-state index in [1.54, 1.807) is 23.2 Å². The van der Waals surface area contributed by atoms with E-state index in [0.29, 0.717) is 23.5 Å². The maximum Gasteiger partial charge on any atom is 0.250 e. The molecule has 26 heavy (non-hydrogen) atoms. The van der Waals surface area contributed by atoms with Crippen LogP contribution in [0.2, 0.25) is 0 Å². The van der Waals surface area contributed by atoms with Crippen molar-refractivity contribution >= 4 is 29.7 Å².